The number of hydrogen-bond donors (Lipinski definition) is 1. The molecule has 0 fully saturated rings. The summed E-state index contributed by atoms with van der Waals surface area (Å²) in [5, 5.41) is 9.10. The SMILES string of the molecule is CC#CC#CC#CC#CC#CC#CN(C)C(=O)CCC(=O)OCCOC(=O)C(CC)CC(CC(C)c1ccc(S(=O)(=O)[O-])cc1)C(=O)OCCO. The largest absolute Gasteiger partial charge is 0.744 e. The zero-order valence-corrected chi connectivity index (χ0v) is 29.6. The minimum atomic E-state index is -4.61. The van der Waals surface area contributed by atoms with Crippen LogP contribution < -0.4 is 0 Å². The second-order valence-corrected chi connectivity index (χ2v) is 11.9. The van der Waals surface area contributed by atoms with Crippen molar-refractivity contribution in [2.75, 3.05) is 33.5 Å². The van der Waals surface area contributed by atoms with Crippen LogP contribution in [-0.2, 0) is 43.5 Å². The normalized spacial score (nSPS) is 11.3. The summed E-state index contributed by atoms with van der Waals surface area (Å²) in [6.45, 7) is 4.09. The number of carbonyl (C=O) groups is 4. The van der Waals surface area contributed by atoms with Crippen LogP contribution in [0, 0.1) is 83.0 Å². The fourth-order valence-electron chi connectivity index (χ4n) is 4.20. The van der Waals surface area contributed by atoms with Crippen LogP contribution in [0.25, 0.3) is 0 Å². The maximum absolute atomic E-state index is 12.9. The van der Waals surface area contributed by atoms with Gasteiger partial charge in [-0.25, -0.2) is 8.42 Å². The molecule has 1 aromatic rings. The number of rotatable bonds is 17. The van der Waals surface area contributed by atoms with Gasteiger partial charge in [-0.3, -0.25) is 24.1 Å². The lowest BCUT2D eigenvalue weighted by Gasteiger charge is -2.24. The summed E-state index contributed by atoms with van der Waals surface area (Å²) in [5.41, 5.74) is 0.667. The average molecular weight is 717 g/mol. The van der Waals surface area contributed by atoms with E-state index in [0.29, 0.717) is 12.0 Å². The van der Waals surface area contributed by atoms with Crippen molar-refractivity contribution in [1.29, 1.82) is 0 Å². The van der Waals surface area contributed by atoms with Crippen LogP contribution in [0.15, 0.2) is 29.2 Å². The summed E-state index contributed by atoms with van der Waals surface area (Å²) in [6, 6.07) is 7.85. The zero-order valence-electron chi connectivity index (χ0n) is 28.8. The van der Waals surface area contributed by atoms with Crippen molar-refractivity contribution in [1.82, 2.24) is 4.90 Å². The second-order valence-electron chi connectivity index (χ2n) is 10.5. The lowest BCUT2D eigenvalue weighted by molar-refractivity contribution is -0.157. The van der Waals surface area contributed by atoms with Crippen molar-refractivity contribution in [2.24, 2.45) is 11.8 Å². The molecule has 1 N–H and O–H groups in total. The van der Waals surface area contributed by atoms with E-state index in [0.717, 1.165) is 4.90 Å². The summed E-state index contributed by atoms with van der Waals surface area (Å²) >= 11 is 0. The lowest BCUT2D eigenvalue weighted by atomic mass is 9.84. The Labute approximate surface area is 299 Å². The third kappa shape index (κ3) is 18.6. The minimum Gasteiger partial charge on any atom is -0.744 e. The van der Waals surface area contributed by atoms with Gasteiger partial charge in [0.15, 0.2) is 0 Å². The molecule has 3 unspecified atom stereocenters. The summed E-state index contributed by atoms with van der Waals surface area (Å²) < 4.78 is 49.2. The molecule has 1 rings (SSSR count). The van der Waals surface area contributed by atoms with Crippen LogP contribution in [0.4, 0.5) is 0 Å². The smallest absolute Gasteiger partial charge is 0.309 e. The van der Waals surface area contributed by atoms with Crippen molar-refractivity contribution in [3.63, 3.8) is 0 Å². The van der Waals surface area contributed by atoms with Crippen molar-refractivity contribution in [3.05, 3.63) is 29.8 Å². The number of nitrogens with zero attached hydrogens (tertiary/aromatic N) is 1. The molecule has 13 heteroatoms. The number of carbonyl (C=O) groups excluding carboxylic acids is 4. The van der Waals surface area contributed by atoms with Gasteiger partial charge in [0, 0.05) is 49.1 Å². The molecule has 0 aromatic heterocycles. The van der Waals surface area contributed by atoms with E-state index in [1.807, 2.05) is 0 Å². The highest BCUT2D eigenvalue weighted by Gasteiger charge is 2.30. The van der Waals surface area contributed by atoms with Gasteiger partial charge in [0.1, 0.15) is 29.9 Å². The van der Waals surface area contributed by atoms with E-state index in [4.69, 9.17) is 19.3 Å². The summed E-state index contributed by atoms with van der Waals surface area (Å²) in [6.07, 6.45) is 0.198. The van der Waals surface area contributed by atoms with Gasteiger partial charge in [-0.15, -0.1) is 0 Å². The first-order valence-electron chi connectivity index (χ1n) is 15.7. The number of esters is 3. The van der Waals surface area contributed by atoms with Gasteiger partial charge >= 0.3 is 17.9 Å². The first kappa shape index (κ1) is 43.4. The second kappa shape index (κ2) is 24.5. The molecule has 0 spiro atoms. The van der Waals surface area contributed by atoms with Gasteiger partial charge in [-0.2, -0.15) is 0 Å². The predicted molar refractivity (Wildman–Crippen MR) is 184 cm³/mol. The number of aliphatic hydroxyl groups is 1. The average Bonchev–Trinajstić information content (AvgIpc) is 3.11. The first-order chi connectivity index (χ1) is 24.3. The van der Waals surface area contributed by atoms with E-state index >= 15 is 0 Å². The summed E-state index contributed by atoms with van der Waals surface area (Å²) in [7, 11) is -3.20. The fraction of sp³-hybridized carbons (Fsp3) is 0.421. The van der Waals surface area contributed by atoms with Crippen molar-refractivity contribution < 1.29 is 51.5 Å². The third-order valence-electron chi connectivity index (χ3n) is 6.86. The molecule has 51 heavy (non-hydrogen) atoms. The Bertz CT molecular complexity index is 1870. The van der Waals surface area contributed by atoms with Gasteiger partial charge in [0.25, 0.3) is 0 Å². The molecule has 0 bridgehead atoms. The zero-order chi connectivity index (χ0) is 38.1. The maximum atomic E-state index is 12.9. The Morgan fingerprint density at radius 3 is 1.86 bits per heavy atom. The Kier molecular flexibility index (Phi) is 20.8. The van der Waals surface area contributed by atoms with Crippen LogP contribution in [0.5, 0.6) is 0 Å². The standard InChI is InChI=1S/C38H39NO11S/c1-5-7-8-9-10-11-12-13-14-15-16-23-39(4)35(41)21-22-36(42)48-26-27-50-37(43)31(6-2)29-33(38(44)49-25-24-40)28-30(3)32-17-19-34(20-18-32)51(45,46)47/h17-20,30-31,33,40H,6,21-22,24-29H2,1-4H3,(H,45,46,47)/p-1. The summed E-state index contributed by atoms with van der Waals surface area (Å²) in [5.74, 6) is 23.2. The Balaban J connectivity index is 2.60. The number of ether oxygens (including phenoxy) is 3. The maximum Gasteiger partial charge on any atom is 0.309 e. The van der Waals surface area contributed by atoms with Gasteiger partial charge < -0.3 is 23.9 Å². The Morgan fingerprint density at radius 1 is 0.784 bits per heavy atom. The summed E-state index contributed by atoms with van der Waals surface area (Å²) in [4.78, 5) is 50.7. The van der Waals surface area contributed by atoms with Crippen LogP contribution in [0.3, 0.4) is 0 Å². The fourth-order valence-corrected chi connectivity index (χ4v) is 4.67. The van der Waals surface area contributed by atoms with E-state index in [9.17, 15) is 32.1 Å². The van der Waals surface area contributed by atoms with Gasteiger partial charge in [0.05, 0.1) is 29.8 Å². The molecule has 0 saturated carbocycles. The molecule has 268 valence electrons. The highest BCUT2D eigenvalue weighted by Crippen LogP contribution is 2.30. The molecular formula is C38H38NO11S-. The first-order valence-corrected chi connectivity index (χ1v) is 17.1. The molecule has 0 radical (unpaired) electrons. The molecule has 1 aromatic carbocycles. The molecule has 0 aliphatic heterocycles. The van der Waals surface area contributed by atoms with Crippen molar-refractivity contribution in [3.8, 4) is 71.2 Å². The van der Waals surface area contributed by atoms with Crippen LogP contribution in [0.1, 0.15) is 64.4 Å². The number of amides is 1. The lowest BCUT2D eigenvalue weighted by Crippen LogP contribution is -2.28. The molecule has 3 atom stereocenters. The third-order valence-corrected chi connectivity index (χ3v) is 7.71. The predicted octanol–water partition coefficient (Wildman–Crippen LogP) is 1.98. The quantitative estimate of drug-likeness (QED) is 0.0623. The van der Waals surface area contributed by atoms with Gasteiger partial charge in [-0.1, -0.05) is 31.9 Å². The van der Waals surface area contributed by atoms with E-state index in [1.54, 1.807) is 20.8 Å². The molecule has 0 heterocycles. The number of benzene rings is 1. The van der Waals surface area contributed by atoms with Crippen LogP contribution >= 0.6 is 0 Å². The van der Waals surface area contributed by atoms with Crippen LogP contribution in [-0.4, -0.2) is 80.3 Å². The monoisotopic (exact) mass is 716 g/mol. The molecule has 0 aliphatic carbocycles. The number of aliphatic hydroxyl groups excluding tert-OH is 1. The van der Waals surface area contributed by atoms with Crippen molar-refractivity contribution >= 4 is 33.9 Å². The van der Waals surface area contributed by atoms with Crippen LogP contribution in [0.2, 0.25) is 0 Å². The van der Waals surface area contributed by atoms with Gasteiger partial charge in [-0.05, 0) is 79.4 Å². The van der Waals surface area contributed by atoms with E-state index < -0.39 is 45.8 Å². The molecule has 1 amide bonds. The Hall–Kier alpha value is -5.67. The Morgan fingerprint density at radius 2 is 1.31 bits per heavy atom. The molecular weight excluding hydrogens is 678 g/mol. The van der Waals surface area contributed by atoms with E-state index in [2.05, 4.69) is 71.2 Å². The molecule has 0 aliphatic rings. The van der Waals surface area contributed by atoms with E-state index in [-0.39, 0.29) is 62.9 Å². The molecule has 0 saturated heterocycles. The highest BCUT2D eigenvalue weighted by molar-refractivity contribution is 7.85. The topological polar surface area (TPSA) is 177 Å². The highest BCUT2D eigenvalue weighted by atomic mass is 32.2. The minimum absolute atomic E-state index is 0.0636. The number of hydrogen-bond acceptors (Lipinski definition) is 11. The van der Waals surface area contributed by atoms with E-state index in [1.165, 1.54) is 31.3 Å². The van der Waals surface area contributed by atoms with Crippen molar-refractivity contribution in [2.45, 2.75) is 63.7 Å². The van der Waals surface area contributed by atoms with Gasteiger partial charge in [0.2, 0.25) is 5.91 Å². The molecule has 12 nitrogen and oxygen atoms in total.